The van der Waals surface area contributed by atoms with E-state index in [2.05, 4.69) is 36.6 Å². The van der Waals surface area contributed by atoms with Crippen LogP contribution in [0.1, 0.15) is 86.8 Å². The predicted molar refractivity (Wildman–Crippen MR) is 176 cm³/mol. The van der Waals surface area contributed by atoms with E-state index in [9.17, 15) is 33.9 Å². The molecule has 15 nitrogen and oxygen atoms in total. The summed E-state index contributed by atoms with van der Waals surface area (Å²) in [5.41, 5.74) is 6.48. The molecule has 0 spiro atoms. The van der Waals surface area contributed by atoms with Crippen LogP contribution < -0.4 is 32.3 Å². The highest BCUT2D eigenvalue weighted by atomic mass is 16.4. The first-order valence-corrected chi connectivity index (χ1v) is 16.3. The Morgan fingerprint density at radius 1 is 0.681 bits per heavy atom. The number of carbonyl (C=O) groups is 6. The van der Waals surface area contributed by atoms with Crippen molar-refractivity contribution in [3.05, 3.63) is 18.2 Å². The van der Waals surface area contributed by atoms with E-state index in [1.54, 1.807) is 0 Å². The third-order valence-electron chi connectivity index (χ3n) is 7.11. The molecule has 0 saturated heterocycles. The molecule has 1 aromatic rings. The Labute approximate surface area is 277 Å². The molecule has 0 saturated carbocycles. The number of carboxylic acids is 1. The number of carbonyl (C=O) groups excluding carboxylic acids is 5. The van der Waals surface area contributed by atoms with E-state index in [4.69, 9.17) is 5.73 Å². The van der Waals surface area contributed by atoms with Crippen molar-refractivity contribution in [3.8, 4) is 0 Å². The highest BCUT2D eigenvalue weighted by Gasteiger charge is 2.32. The smallest absolute Gasteiger partial charge is 0.326 e. The fourth-order valence-corrected chi connectivity index (χ4v) is 4.89. The molecule has 266 valence electrons. The lowest BCUT2D eigenvalue weighted by Crippen LogP contribution is -2.58. The second-order valence-electron chi connectivity index (χ2n) is 13.7. The summed E-state index contributed by atoms with van der Waals surface area (Å²) in [4.78, 5) is 83.8. The van der Waals surface area contributed by atoms with E-state index in [-0.39, 0.29) is 42.9 Å². The van der Waals surface area contributed by atoms with Crippen LogP contribution in [-0.4, -0.2) is 87.3 Å². The first-order valence-electron chi connectivity index (χ1n) is 16.3. The number of amides is 5. The predicted octanol–water partition coefficient (Wildman–Crippen LogP) is 0.604. The molecule has 0 aromatic carbocycles. The fraction of sp³-hybridized carbons (Fsp3) is 0.719. The van der Waals surface area contributed by atoms with Crippen LogP contribution in [0.4, 0.5) is 0 Å². The summed E-state index contributed by atoms with van der Waals surface area (Å²) in [6, 6.07) is -5.01. The number of nitrogens with one attached hydrogen (secondary N) is 6. The van der Waals surface area contributed by atoms with Gasteiger partial charge in [-0.05, 0) is 49.4 Å². The number of aromatic nitrogens is 2. The van der Waals surface area contributed by atoms with E-state index in [0.717, 1.165) is 0 Å². The van der Waals surface area contributed by atoms with Gasteiger partial charge >= 0.3 is 5.97 Å². The molecule has 1 rings (SSSR count). The number of aliphatic carboxylic acids is 1. The minimum Gasteiger partial charge on any atom is -0.480 e. The molecule has 0 bridgehead atoms. The number of carboxylic acid groups (broad SMARTS) is 1. The van der Waals surface area contributed by atoms with Crippen LogP contribution in [0, 0.1) is 23.7 Å². The van der Waals surface area contributed by atoms with Crippen LogP contribution in [0.3, 0.4) is 0 Å². The first-order chi connectivity index (χ1) is 21.9. The third kappa shape index (κ3) is 16.4. The quantitative estimate of drug-likeness (QED) is 0.0917. The number of aromatic amines is 1. The maximum atomic E-state index is 13.6. The number of imidazole rings is 1. The van der Waals surface area contributed by atoms with Gasteiger partial charge in [0.1, 0.15) is 24.2 Å². The largest absolute Gasteiger partial charge is 0.480 e. The molecular formula is C32H56N8O7. The standard InChI is InChI=1S/C32H56N8O7/c1-17(2)9-22(33)28(42)38-24(11-19(5)6)30(44)40-25(12-20(7)8)31(45)39-23(10-18(3)4)29(43)35-15-27(41)37-26(32(46)47)13-21-14-34-16-36-21/h14,16-20,22-26H,9-13,15,33H2,1-8H3,(H,34,36)(H,35,43)(H,37,41)(H,38,42)(H,39,45)(H,40,44)(H,46,47)/t22-,23-,24-,25-,26-/m0/s1. The van der Waals surface area contributed by atoms with Crippen molar-refractivity contribution in [2.75, 3.05) is 6.54 Å². The van der Waals surface area contributed by atoms with Gasteiger partial charge in [0.15, 0.2) is 0 Å². The van der Waals surface area contributed by atoms with Gasteiger partial charge in [-0.3, -0.25) is 24.0 Å². The molecule has 0 aliphatic heterocycles. The SMILES string of the molecule is CC(C)C[C@H](NC(=O)[C@H](CC(C)C)NC(=O)[C@H](CC(C)C)NC(=O)[C@@H](N)CC(C)C)C(=O)NCC(=O)N[C@@H](Cc1c[nH]cn1)C(=O)O. The van der Waals surface area contributed by atoms with Gasteiger partial charge < -0.3 is 42.4 Å². The highest BCUT2D eigenvalue weighted by Crippen LogP contribution is 2.12. The molecule has 0 unspecified atom stereocenters. The molecule has 9 N–H and O–H groups in total. The van der Waals surface area contributed by atoms with Crippen molar-refractivity contribution in [1.29, 1.82) is 0 Å². The minimum atomic E-state index is -1.26. The van der Waals surface area contributed by atoms with Crippen LogP contribution in [0.5, 0.6) is 0 Å². The topological polar surface area (TPSA) is 237 Å². The molecule has 5 amide bonds. The van der Waals surface area contributed by atoms with Gasteiger partial charge in [-0.15, -0.1) is 0 Å². The van der Waals surface area contributed by atoms with Crippen molar-refractivity contribution in [3.63, 3.8) is 0 Å². The monoisotopic (exact) mass is 664 g/mol. The number of hydrogen-bond donors (Lipinski definition) is 8. The van der Waals surface area contributed by atoms with Crippen LogP contribution in [-0.2, 0) is 35.2 Å². The van der Waals surface area contributed by atoms with Crippen molar-refractivity contribution >= 4 is 35.5 Å². The molecule has 0 aliphatic carbocycles. The van der Waals surface area contributed by atoms with Crippen molar-refractivity contribution < 1.29 is 33.9 Å². The lowest BCUT2D eigenvalue weighted by atomic mass is 9.98. The van der Waals surface area contributed by atoms with Gasteiger partial charge in [0.2, 0.25) is 29.5 Å². The fourth-order valence-electron chi connectivity index (χ4n) is 4.89. The highest BCUT2D eigenvalue weighted by molar-refractivity contribution is 5.95. The molecular weight excluding hydrogens is 608 g/mol. The summed E-state index contributed by atoms with van der Waals surface area (Å²) in [7, 11) is 0. The van der Waals surface area contributed by atoms with Crippen molar-refractivity contribution in [2.24, 2.45) is 29.4 Å². The Bertz CT molecular complexity index is 1170. The van der Waals surface area contributed by atoms with Crippen LogP contribution in [0.15, 0.2) is 12.5 Å². The number of hydrogen-bond acceptors (Lipinski definition) is 8. The molecule has 1 aromatic heterocycles. The second kappa shape index (κ2) is 20.3. The second-order valence-corrected chi connectivity index (χ2v) is 13.7. The van der Waals surface area contributed by atoms with Crippen LogP contribution in [0.25, 0.3) is 0 Å². The molecule has 1 heterocycles. The Morgan fingerprint density at radius 2 is 1.13 bits per heavy atom. The number of rotatable bonds is 21. The minimum absolute atomic E-state index is 0.00614. The Morgan fingerprint density at radius 3 is 1.53 bits per heavy atom. The van der Waals surface area contributed by atoms with E-state index >= 15 is 0 Å². The summed E-state index contributed by atoms with van der Waals surface area (Å²) in [5.74, 6) is -3.99. The molecule has 15 heteroatoms. The van der Waals surface area contributed by atoms with Gasteiger partial charge in [-0.2, -0.15) is 0 Å². The van der Waals surface area contributed by atoms with Crippen molar-refractivity contribution in [2.45, 2.75) is 118 Å². The Kier molecular flexibility index (Phi) is 17.7. The zero-order valence-corrected chi connectivity index (χ0v) is 29.0. The lowest BCUT2D eigenvalue weighted by Gasteiger charge is -2.28. The average Bonchev–Trinajstić information content (AvgIpc) is 3.46. The average molecular weight is 665 g/mol. The normalized spacial score (nSPS) is 14.7. The van der Waals surface area contributed by atoms with E-state index < -0.39 is 72.3 Å². The summed E-state index contributed by atoms with van der Waals surface area (Å²) < 4.78 is 0. The van der Waals surface area contributed by atoms with E-state index in [0.29, 0.717) is 18.5 Å². The van der Waals surface area contributed by atoms with Gasteiger partial charge in [0.05, 0.1) is 24.6 Å². The first kappa shape index (κ1) is 41.0. The number of nitrogens with zero attached hydrogens (tertiary/aromatic N) is 1. The maximum Gasteiger partial charge on any atom is 0.326 e. The zero-order valence-electron chi connectivity index (χ0n) is 29.0. The third-order valence-corrected chi connectivity index (χ3v) is 7.11. The maximum absolute atomic E-state index is 13.6. The van der Waals surface area contributed by atoms with Crippen molar-refractivity contribution in [1.82, 2.24) is 36.6 Å². The van der Waals surface area contributed by atoms with E-state index in [1.807, 2.05) is 55.4 Å². The zero-order chi connectivity index (χ0) is 35.8. The van der Waals surface area contributed by atoms with E-state index in [1.165, 1.54) is 12.5 Å². The molecule has 0 fully saturated rings. The Hall–Kier alpha value is -4.01. The van der Waals surface area contributed by atoms with Gasteiger partial charge in [0, 0.05) is 12.6 Å². The molecule has 0 aliphatic rings. The molecule has 47 heavy (non-hydrogen) atoms. The number of nitrogens with two attached hydrogens (primary N) is 1. The molecule has 0 radical (unpaired) electrons. The summed E-state index contributed by atoms with van der Waals surface area (Å²) >= 11 is 0. The van der Waals surface area contributed by atoms with Gasteiger partial charge in [-0.1, -0.05) is 55.4 Å². The summed E-state index contributed by atoms with van der Waals surface area (Å²) in [5, 5.41) is 22.6. The van der Waals surface area contributed by atoms with Gasteiger partial charge in [0.25, 0.3) is 0 Å². The number of H-pyrrole nitrogens is 1. The van der Waals surface area contributed by atoms with Gasteiger partial charge in [-0.25, -0.2) is 9.78 Å². The van der Waals surface area contributed by atoms with Crippen LogP contribution in [0.2, 0.25) is 0 Å². The lowest BCUT2D eigenvalue weighted by molar-refractivity contribution is -0.141. The summed E-state index contributed by atoms with van der Waals surface area (Å²) in [6.45, 7) is 14.7. The Balaban J connectivity index is 2.99. The molecule has 5 atom stereocenters. The summed E-state index contributed by atoms with van der Waals surface area (Å²) in [6.07, 6.45) is 4.13. The van der Waals surface area contributed by atoms with Crippen LogP contribution >= 0.6 is 0 Å².